The van der Waals surface area contributed by atoms with Gasteiger partial charge in [0.2, 0.25) is 0 Å². The van der Waals surface area contributed by atoms with Crippen molar-refractivity contribution in [2.24, 2.45) is 0 Å². The lowest BCUT2D eigenvalue weighted by molar-refractivity contribution is -0.0405. The second kappa shape index (κ2) is 22.2. The molecule has 0 radical (unpaired) electrons. The molecule has 4 aliphatic heterocycles. The standard InChI is InChI=1S/C25H33N5O2S.C24H31N5OS/c1-25(2)16-20-21(17-26)24(33-15-7-19-6-4-5-8-27-19)28-23(22(20)18-32-25)30-11-9-29(10-12-30)13-14-31-3;1-24(2)15-19-20(16-25)23(31-14-8-18-7-4-5-9-26-18)27-22(21(19)17-30-24)29-11-6-10-28(3)12-13-29/h4-6,8H,7,9-16,18H2,1-3H3;4-5,7,9H,6,8,10-15,17H2,1-3H3. The lowest BCUT2D eigenvalue weighted by atomic mass is 9.89. The summed E-state index contributed by atoms with van der Waals surface area (Å²) in [6.45, 7) is 19.0. The Hall–Kier alpha value is -4.32. The average Bonchev–Trinajstić information content (AvgIpc) is 3.52. The number of methoxy groups -OCH3 is 1. The van der Waals surface area contributed by atoms with Crippen LogP contribution < -0.4 is 9.80 Å². The molecule has 0 unspecified atom stereocenters. The predicted octanol–water partition coefficient (Wildman–Crippen LogP) is 6.98. The Balaban J connectivity index is 0.000000192. The van der Waals surface area contributed by atoms with Crippen LogP contribution in [0.15, 0.2) is 58.8 Å². The Bertz CT molecular complexity index is 2260. The van der Waals surface area contributed by atoms with Gasteiger partial charge in [0.05, 0.1) is 42.1 Å². The van der Waals surface area contributed by atoms with Crippen LogP contribution in [0, 0.1) is 22.7 Å². The normalized spacial score (nSPS) is 18.4. The van der Waals surface area contributed by atoms with E-state index in [2.05, 4.69) is 76.4 Å². The molecule has 2 fully saturated rings. The number of pyridine rings is 4. The fraction of sp³-hybridized carbons (Fsp3) is 0.551. The zero-order chi connectivity index (χ0) is 45.1. The van der Waals surface area contributed by atoms with E-state index in [0.717, 1.165) is 176 Å². The van der Waals surface area contributed by atoms with Gasteiger partial charge >= 0.3 is 0 Å². The molecule has 340 valence electrons. The summed E-state index contributed by atoms with van der Waals surface area (Å²) in [5, 5.41) is 21.8. The summed E-state index contributed by atoms with van der Waals surface area (Å²) in [6, 6.07) is 16.9. The van der Waals surface area contributed by atoms with Crippen LogP contribution in [-0.2, 0) is 53.1 Å². The molecule has 0 saturated carbocycles. The number of nitriles is 2. The maximum atomic E-state index is 10.1. The van der Waals surface area contributed by atoms with Crippen molar-refractivity contribution in [1.82, 2.24) is 29.7 Å². The van der Waals surface area contributed by atoms with Crippen molar-refractivity contribution in [1.29, 1.82) is 10.5 Å². The number of aromatic nitrogens is 4. The van der Waals surface area contributed by atoms with Crippen LogP contribution in [0.1, 0.15) is 78.9 Å². The first-order valence-electron chi connectivity index (χ1n) is 22.6. The van der Waals surface area contributed by atoms with Crippen LogP contribution in [0.4, 0.5) is 11.6 Å². The Morgan fingerprint density at radius 1 is 0.672 bits per heavy atom. The topological polar surface area (TPSA) is 140 Å². The fourth-order valence-electron chi connectivity index (χ4n) is 8.67. The lowest BCUT2D eigenvalue weighted by Gasteiger charge is -2.39. The third-order valence-corrected chi connectivity index (χ3v) is 14.3. The number of anilines is 2. The van der Waals surface area contributed by atoms with Crippen LogP contribution in [-0.4, -0.2) is 132 Å². The van der Waals surface area contributed by atoms with Crippen molar-refractivity contribution in [3.05, 3.63) is 93.6 Å². The first-order chi connectivity index (χ1) is 31.0. The molecule has 0 aliphatic carbocycles. The number of nitrogens with zero attached hydrogens (tertiary/aromatic N) is 10. The Kier molecular flexibility index (Phi) is 16.6. The van der Waals surface area contributed by atoms with E-state index in [9.17, 15) is 10.5 Å². The summed E-state index contributed by atoms with van der Waals surface area (Å²) >= 11 is 3.33. The molecule has 0 aromatic carbocycles. The van der Waals surface area contributed by atoms with E-state index in [1.54, 1.807) is 30.6 Å². The van der Waals surface area contributed by atoms with Gasteiger partial charge in [-0.2, -0.15) is 10.5 Å². The van der Waals surface area contributed by atoms with Gasteiger partial charge in [-0.05, 0) is 95.9 Å². The largest absolute Gasteiger partial charge is 0.383 e. The summed E-state index contributed by atoms with van der Waals surface area (Å²) in [7, 11) is 3.92. The highest BCUT2D eigenvalue weighted by Gasteiger charge is 2.35. The van der Waals surface area contributed by atoms with Crippen molar-refractivity contribution in [3.63, 3.8) is 0 Å². The van der Waals surface area contributed by atoms with Gasteiger partial charge in [0, 0.05) is 119 Å². The summed E-state index contributed by atoms with van der Waals surface area (Å²) in [5.41, 5.74) is 7.45. The molecule has 64 heavy (non-hydrogen) atoms. The summed E-state index contributed by atoms with van der Waals surface area (Å²) < 4.78 is 17.5. The van der Waals surface area contributed by atoms with Crippen LogP contribution in [0.25, 0.3) is 0 Å². The van der Waals surface area contributed by atoms with Gasteiger partial charge in [-0.25, -0.2) is 9.97 Å². The number of fused-ring (bicyclic) bond motifs is 2. The van der Waals surface area contributed by atoms with Crippen LogP contribution in [0.2, 0.25) is 0 Å². The van der Waals surface area contributed by atoms with E-state index < -0.39 is 0 Å². The van der Waals surface area contributed by atoms with Crippen molar-refractivity contribution >= 4 is 35.2 Å². The first-order valence-corrected chi connectivity index (χ1v) is 24.6. The minimum atomic E-state index is -0.286. The Morgan fingerprint density at radius 2 is 1.17 bits per heavy atom. The number of piperazine rings is 1. The molecule has 8 heterocycles. The van der Waals surface area contributed by atoms with Gasteiger partial charge in [-0.3, -0.25) is 14.9 Å². The van der Waals surface area contributed by atoms with Crippen LogP contribution in [0.3, 0.4) is 0 Å². The highest BCUT2D eigenvalue weighted by molar-refractivity contribution is 7.99. The predicted molar refractivity (Wildman–Crippen MR) is 255 cm³/mol. The monoisotopic (exact) mass is 904 g/mol. The highest BCUT2D eigenvalue weighted by atomic mass is 32.2. The van der Waals surface area contributed by atoms with Gasteiger partial charge in [-0.1, -0.05) is 12.1 Å². The first kappa shape index (κ1) is 47.6. The van der Waals surface area contributed by atoms with Gasteiger partial charge in [0.25, 0.3) is 0 Å². The second-order valence-electron chi connectivity index (χ2n) is 18.1. The third-order valence-electron chi connectivity index (χ3n) is 12.3. The summed E-state index contributed by atoms with van der Waals surface area (Å²) in [6.07, 6.45) is 7.93. The van der Waals surface area contributed by atoms with E-state index in [-0.39, 0.29) is 11.2 Å². The zero-order valence-electron chi connectivity index (χ0n) is 38.6. The molecule has 4 aliphatic rings. The van der Waals surface area contributed by atoms with E-state index in [1.807, 2.05) is 48.8 Å². The number of ether oxygens (including phenoxy) is 3. The van der Waals surface area contributed by atoms with Crippen LogP contribution >= 0.6 is 23.5 Å². The fourth-order valence-corrected chi connectivity index (χ4v) is 10.6. The molecular weight excluding hydrogens is 841 g/mol. The molecule has 15 heteroatoms. The molecule has 0 bridgehead atoms. The molecule has 0 amide bonds. The summed E-state index contributed by atoms with van der Waals surface area (Å²) in [4.78, 5) is 28.6. The maximum absolute atomic E-state index is 10.1. The van der Waals surface area contributed by atoms with E-state index >= 15 is 0 Å². The summed E-state index contributed by atoms with van der Waals surface area (Å²) in [5.74, 6) is 3.69. The number of thioether (sulfide) groups is 2. The van der Waals surface area contributed by atoms with Gasteiger partial charge in [-0.15, -0.1) is 23.5 Å². The number of hydrogen-bond acceptors (Lipinski definition) is 15. The van der Waals surface area contributed by atoms with Crippen molar-refractivity contribution in [2.45, 2.75) is 94.3 Å². The molecule has 4 aromatic rings. The molecule has 0 N–H and O–H groups in total. The number of aryl methyl sites for hydroxylation is 2. The molecule has 0 atom stereocenters. The van der Waals surface area contributed by atoms with E-state index in [0.29, 0.717) is 13.2 Å². The number of hydrogen-bond donors (Lipinski definition) is 0. The van der Waals surface area contributed by atoms with E-state index in [4.69, 9.17) is 24.2 Å². The quantitative estimate of drug-likeness (QED) is 0.127. The zero-order valence-corrected chi connectivity index (χ0v) is 40.2. The van der Waals surface area contributed by atoms with Gasteiger partial charge < -0.3 is 28.9 Å². The lowest BCUT2D eigenvalue weighted by Crippen LogP contribution is -2.48. The molecule has 4 aromatic heterocycles. The van der Waals surface area contributed by atoms with Crippen molar-refractivity contribution < 1.29 is 14.2 Å². The van der Waals surface area contributed by atoms with Crippen molar-refractivity contribution in [2.75, 3.05) is 101 Å². The van der Waals surface area contributed by atoms with Gasteiger partial charge in [0.15, 0.2) is 0 Å². The number of rotatable bonds is 13. The smallest absolute Gasteiger partial charge is 0.135 e. The maximum Gasteiger partial charge on any atom is 0.135 e. The SMILES string of the molecule is CN1CCCN(c2nc(SCCc3ccccn3)c(C#N)c3c2COC(C)(C)C3)CC1.COCCN1CCN(c2nc(SCCc3ccccn3)c(C#N)c3c2COC(C)(C)C3)CC1. The molecule has 0 spiro atoms. The third kappa shape index (κ3) is 12.3. The Morgan fingerprint density at radius 3 is 1.64 bits per heavy atom. The number of likely N-dealkylation sites (N-methyl/N-ethyl adjacent to an activating group) is 1. The van der Waals surface area contributed by atoms with Crippen LogP contribution in [0.5, 0.6) is 0 Å². The Labute approximate surface area is 388 Å². The average molecular weight is 905 g/mol. The molecule has 2 saturated heterocycles. The van der Waals surface area contributed by atoms with Crippen molar-refractivity contribution in [3.8, 4) is 12.1 Å². The van der Waals surface area contributed by atoms with Gasteiger partial charge in [0.1, 0.15) is 33.8 Å². The highest BCUT2D eigenvalue weighted by Crippen LogP contribution is 2.40. The molecular formula is C49H64N10O3S2. The minimum absolute atomic E-state index is 0.272. The van der Waals surface area contributed by atoms with E-state index in [1.165, 1.54) is 0 Å². The molecule has 8 rings (SSSR count). The minimum Gasteiger partial charge on any atom is -0.383 e. The second-order valence-corrected chi connectivity index (χ2v) is 20.3. The molecule has 13 nitrogen and oxygen atoms in total.